The monoisotopic (exact) mass is 623 g/mol. The molecule has 0 spiro atoms. The summed E-state index contributed by atoms with van der Waals surface area (Å²) in [7, 11) is 0. The summed E-state index contributed by atoms with van der Waals surface area (Å²) in [6, 6.07) is 45.5. The third-order valence-corrected chi connectivity index (χ3v) is 8.26. The number of carbonyl (C=O) groups excluding carboxylic acids is 2. The Balaban J connectivity index is 1.16. The van der Waals surface area contributed by atoms with Gasteiger partial charge in [-0.2, -0.15) is 0 Å². The molecule has 7 nitrogen and oxygen atoms in total. The van der Waals surface area contributed by atoms with Crippen LogP contribution in [0.5, 0.6) is 5.75 Å². The first kappa shape index (κ1) is 31.3. The minimum absolute atomic E-state index is 0.111. The van der Waals surface area contributed by atoms with Crippen LogP contribution < -0.4 is 15.4 Å². The number of aromatic nitrogens is 1. The number of nitrogens with one attached hydrogen (secondary N) is 3. The van der Waals surface area contributed by atoms with Crippen LogP contribution in [0.4, 0.5) is 4.79 Å². The summed E-state index contributed by atoms with van der Waals surface area (Å²) < 4.78 is 10.9. The molecule has 0 bridgehead atoms. The molecule has 0 aliphatic carbocycles. The highest BCUT2D eigenvalue weighted by molar-refractivity contribution is 5.87. The molecule has 1 amide bonds. The van der Waals surface area contributed by atoms with Crippen LogP contribution in [0.1, 0.15) is 34.7 Å². The van der Waals surface area contributed by atoms with Crippen molar-refractivity contribution in [2.75, 3.05) is 6.54 Å². The van der Waals surface area contributed by atoms with Crippen molar-refractivity contribution in [3.05, 3.63) is 174 Å². The molecule has 0 saturated carbocycles. The normalized spacial score (nSPS) is 11.9. The Hall–Kier alpha value is -5.66. The van der Waals surface area contributed by atoms with E-state index in [0.29, 0.717) is 12.3 Å². The molecular formula is C40H37N3O4. The molecule has 1 atom stereocenters. The van der Waals surface area contributed by atoms with Gasteiger partial charge in [-0.3, -0.25) is 5.32 Å². The Bertz CT molecular complexity index is 1810. The van der Waals surface area contributed by atoms with Gasteiger partial charge in [0.2, 0.25) is 0 Å². The van der Waals surface area contributed by atoms with E-state index in [2.05, 4.69) is 88.4 Å². The number of fused-ring (bicyclic) bond motifs is 1. The van der Waals surface area contributed by atoms with Gasteiger partial charge in [-0.15, -0.1) is 0 Å². The number of ether oxygens (including phenoxy) is 2. The zero-order chi connectivity index (χ0) is 32.5. The molecule has 0 aliphatic rings. The van der Waals surface area contributed by atoms with E-state index in [-0.39, 0.29) is 6.61 Å². The summed E-state index contributed by atoms with van der Waals surface area (Å²) in [6.45, 7) is 2.34. The van der Waals surface area contributed by atoms with Crippen molar-refractivity contribution < 1.29 is 19.1 Å². The van der Waals surface area contributed by atoms with Crippen LogP contribution in [-0.2, 0) is 28.1 Å². The van der Waals surface area contributed by atoms with Gasteiger partial charge >= 0.3 is 12.1 Å². The number of esters is 1. The number of carbonyl (C=O) groups is 2. The average molecular weight is 624 g/mol. The SMILES string of the molecule is CC(NC(=O)OCc1ccccc1)C(=O)Oc1ccc2[nH]cc(CCNC(c3ccccc3)(c3ccccc3)c3ccccc3)c2c1. The highest BCUT2D eigenvalue weighted by Crippen LogP contribution is 2.37. The van der Waals surface area contributed by atoms with Gasteiger partial charge < -0.3 is 19.8 Å². The summed E-state index contributed by atoms with van der Waals surface area (Å²) in [5, 5.41) is 7.44. The van der Waals surface area contributed by atoms with E-state index >= 15 is 0 Å². The smallest absolute Gasteiger partial charge is 0.408 e. The summed E-state index contributed by atoms with van der Waals surface area (Å²) >= 11 is 0. The van der Waals surface area contributed by atoms with Gasteiger partial charge in [0.1, 0.15) is 18.4 Å². The van der Waals surface area contributed by atoms with Crippen molar-refractivity contribution >= 4 is 23.0 Å². The molecule has 236 valence electrons. The largest absolute Gasteiger partial charge is 0.445 e. The van der Waals surface area contributed by atoms with Crippen LogP contribution in [-0.4, -0.2) is 29.6 Å². The van der Waals surface area contributed by atoms with Crippen molar-refractivity contribution in [3.63, 3.8) is 0 Å². The molecule has 0 saturated heterocycles. The maximum atomic E-state index is 12.9. The fourth-order valence-corrected chi connectivity index (χ4v) is 5.89. The zero-order valence-electron chi connectivity index (χ0n) is 26.2. The highest BCUT2D eigenvalue weighted by atomic mass is 16.6. The lowest BCUT2D eigenvalue weighted by Gasteiger charge is -2.37. The van der Waals surface area contributed by atoms with Crippen molar-refractivity contribution in [1.29, 1.82) is 0 Å². The van der Waals surface area contributed by atoms with Crippen LogP contribution in [0.15, 0.2) is 146 Å². The van der Waals surface area contributed by atoms with Crippen molar-refractivity contribution in [3.8, 4) is 5.75 Å². The second-order valence-corrected chi connectivity index (χ2v) is 11.4. The third-order valence-electron chi connectivity index (χ3n) is 8.26. The highest BCUT2D eigenvalue weighted by Gasteiger charge is 2.35. The number of amides is 1. The molecular weight excluding hydrogens is 586 g/mol. The van der Waals surface area contributed by atoms with Crippen LogP contribution in [0.2, 0.25) is 0 Å². The first-order chi connectivity index (χ1) is 23.0. The summed E-state index contributed by atoms with van der Waals surface area (Å²) in [5.41, 5.74) is 5.77. The van der Waals surface area contributed by atoms with Gasteiger partial charge in [0.15, 0.2) is 0 Å². The van der Waals surface area contributed by atoms with Crippen molar-refractivity contribution in [2.24, 2.45) is 0 Å². The topological polar surface area (TPSA) is 92.4 Å². The summed E-state index contributed by atoms with van der Waals surface area (Å²) in [4.78, 5) is 28.5. The molecule has 1 heterocycles. The fourth-order valence-electron chi connectivity index (χ4n) is 5.89. The number of hydrogen-bond donors (Lipinski definition) is 3. The van der Waals surface area contributed by atoms with Gasteiger partial charge in [0.25, 0.3) is 0 Å². The quantitative estimate of drug-likeness (QED) is 0.0746. The van der Waals surface area contributed by atoms with Crippen LogP contribution in [0, 0.1) is 0 Å². The summed E-state index contributed by atoms with van der Waals surface area (Å²) in [6.07, 6.45) is 2.03. The van der Waals surface area contributed by atoms with E-state index in [1.165, 1.54) is 0 Å². The molecule has 0 aliphatic heterocycles. The Morgan fingerprint density at radius 2 is 1.30 bits per heavy atom. The maximum Gasteiger partial charge on any atom is 0.408 e. The minimum atomic E-state index is -0.897. The lowest BCUT2D eigenvalue weighted by Crippen LogP contribution is -2.45. The van der Waals surface area contributed by atoms with Gasteiger partial charge in [-0.05, 0) is 59.4 Å². The van der Waals surface area contributed by atoms with Gasteiger partial charge in [-0.25, -0.2) is 9.59 Å². The van der Waals surface area contributed by atoms with E-state index in [0.717, 1.165) is 45.1 Å². The molecule has 6 rings (SSSR count). The zero-order valence-corrected chi connectivity index (χ0v) is 26.2. The van der Waals surface area contributed by atoms with Gasteiger partial charge in [-0.1, -0.05) is 121 Å². The number of rotatable bonds is 12. The standard InChI is InChI=1S/C40H37N3O4/c1-29(43-39(45)46-28-30-14-6-2-7-15-30)38(44)47-35-22-23-37-36(26-35)31(27-41-37)24-25-42-40(32-16-8-3-9-17-32,33-18-10-4-11-19-33)34-20-12-5-13-21-34/h2-23,26-27,29,41-42H,24-25,28H2,1H3,(H,43,45). The van der Waals surface area contributed by atoms with E-state index < -0.39 is 23.6 Å². The van der Waals surface area contributed by atoms with Gasteiger partial charge in [0, 0.05) is 23.6 Å². The fraction of sp³-hybridized carbons (Fsp3) is 0.150. The van der Waals surface area contributed by atoms with E-state index in [9.17, 15) is 9.59 Å². The predicted octanol–water partition coefficient (Wildman–Crippen LogP) is 7.51. The van der Waals surface area contributed by atoms with Crippen LogP contribution in [0.3, 0.4) is 0 Å². The molecule has 1 aromatic heterocycles. The number of hydrogen-bond acceptors (Lipinski definition) is 5. The lowest BCUT2D eigenvalue weighted by atomic mass is 9.77. The Labute approximate surface area is 274 Å². The number of H-pyrrole nitrogens is 1. The van der Waals surface area contributed by atoms with Crippen molar-refractivity contribution in [1.82, 2.24) is 15.6 Å². The second-order valence-electron chi connectivity index (χ2n) is 11.4. The molecule has 0 fully saturated rings. The van der Waals surface area contributed by atoms with Crippen molar-refractivity contribution in [2.45, 2.75) is 31.5 Å². The molecule has 1 unspecified atom stereocenters. The predicted molar refractivity (Wildman–Crippen MR) is 184 cm³/mol. The molecule has 47 heavy (non-hydrogen) atoms. The Morgan fingerprint density at radius 3 is 1.87 bits per heavy atom. The van der Waals surface area contributed by atoms with Crippen LogP contribution in [0.25, 0.3) is 10.9 Å². The molecule has 6 aromatic rings. The Morgan fingerprint density at radius 1 is 0.745 bits per heavy atom. The van der Waals surface area contributed by atoms with E-state index in [1.807, 2.05) is 66.9 Å². The Kier molecular flexibility index (Phi) is 9.75. The van der Waals surface area contributed by atoms with E-state index in [1.54, 1.807) is 13.0 Å². The third kappa shape index (κ3) is 7.27. The summed E-state index contributed by atoms with van der Waals surface area (Å²) in [5.74, 6) is -0.187. The first-order valence-corrected chi connectivity index (χ1v) is 15.7. The minimum Gasteiger partial charge on any atom is -0.445 e. The van der Waals surface area contributed by atoms with Crippen LogP contribution >= 0.6 is 0 Å². The first-order valence-electron chi connectivity index (χ1n) is 15.7. The molecule has 3 N–H and O–H groups in total. The second kappa shape index (κ2) is 14.6. The van der Waals surface area contributed by atoms with E-state index in [4.69, 9.17) is 9.47 Å². The number of alkyl carbamates (subject to hydrolysis) is 1. The lowest BCUT2D eigenvalue weighted by molar-refractivity contribution is -0.136. The molecule has 7 heteroatoms. The average Bonchev–Trinajstić information content (AvgIpc) is 3.53. The number of benzene rings is 5. The molecule has 0 radical (unpaired) electrons. The van der Waals surface area contributed by atoms with Gasteiger partial charge in [0.05, 0.1) is 5.54 Å². The number of aromatic amines is 1. The maximum absolute atomic E-state index is 12.9. The molecule has 5 aromatic carbocycles.